The maximum Gasteiger partial charge on any atom is 0.505 e. The third-order valence-electron chi connectivity index (χ3n) is 5.75. The maximum absolute atomic E-state index is 12.1. The third-order valence-corrected chi connectivity index (χ3v) is 6.42. The highest BCUT2D eigenvalue weighted by molar-refractivity contribution is 7.95. The first-order chi connectivity index (χ1) is 21.1. The smallest absolute Gasteiger partial charge is 0.450 e. The van der Waals surface area contributed by atoms with Crippen LogP contribution in [0.15, 0.2) is 72.9 Å². The molecule has 0 bridgehead atoms. The number of nitrogens with one attached hydrogen (secondary N) is 2. The van der Waals surface area contributed by atoms with Gasteiger partial charge in [-0.05, 0) is 38.5 Å². The molecule has 0 saturated carbocycles. The number of allylic oxidation sites excluding steroid dienone is 11. The lowest BCUT2D eigenvalue weighted by Crippen LogP contribution is -2.46. The van der Waals surface area contributed by atoms with Crippen molar-refractivity contribution in [3.05, 3.63) is 72.9 Å². The van der Waals surface area contributed by atoms with Gasteiger partial charge in [0, 0.05) is 30.7 Å². The van der Waals surface area contributed by atoms with Crippen LogP contribution >= 0.6 is 12.0 Å². The van der Waals surface area contributed by atoms with Crippen molar-refractivity contribution in [2.24, 2.45) is 5.41 Å². The lowest BCUT2D eigenvalue weighted by molar-refractivity contribution is -0.137. The Hall–Kier alpha value is -3.57. The van der Waals surface area contributed by atoms with Crippen LogP contribution in [0.4, 0.5) is 4.79 Å². The van der Waals surface area contributed by atoms with Crippen LogP contribution < -0.4 is 10.6 Å². The molecule has 0 saturated heterocycles. The van der Waals surface area contributed by atoms with Crippen LogP contribution in [0.25, 0.3) is 0 Å². The first kappa shape index (κ1) is 40.4. The minimum atomic E-state index is -1.51. The van der Waals surface area contributed by atoms with E-state index in [2.05, 4.69) is 77.0 Å². The van der Waals surface area contributed by atoms with Crippen LogP contribution in [0.1, 0.15) is 72.1 Å². The van der Waals surface area contributed by atoms with Crippen molar-refractivity contribution < 1.29 is 38.3 Å². The number of aliphatic hydroxyl groups excluding tert-OH is 1. The van der Waals surface area contributed by atoms with Gasteiger partial charge in [0.25, 0.3) is 0 Å². The quantitative estimate of drug-likeness (QED) is 0.0436. The van der Waals surface area contributed by atoms with Crippen LogP contribution in [0.3, 0.4) is 0 Å². The van der Waals surface area contributed by atoms with Crippen LogP contribution in [0, 0.1) is 5.41 Å². The molecule has 0 aliphatic carbocycles. The molecular weight excluding hydrogens is 584 g/mol. The molecular formula is C33H50N2O8S. The van der Waals surface area contributed by atoms with Gasteiger partial charge in [-0.1, -0.05) is 93.7 Å². The average molecular weight is 635 g/mol. The fourth-order valence-electron chi connectivity index (χ4n) is 3.24. The fourth-order valence-corrected chi connectivity index (χ4v) is 3.71. The summed E-state index contributed by atoms with van der Waals surface area (Å²) < 4.78 is 9.50. The second kappa shape index (κ2) is 27.0. The van der Waals surface area contributed by atoms with Crippen molar-refractivity contribution in [1.82, 2.24) is 10.6 Å². The largest absolute Gasteiger partial charge is 0.505 e. The monoisotopic (exact) mass is 634 g/mol. The van der Waals surface area contributed by atoms with Gasteiger partial charge in [0.2, 0.25) is 11.8 Å². The molecule has 44 heavy (non-hydrogen) atoms. The highest BCUT2D eigenvalue weighted by atomic mass is 32.2. The second-order valence-electron chi connectivity index (χ2n) is 10.2. The molecule has 0 aromatic rings. The van der Waals surface area contributed by atoms with E-state index in [-0.39, 0.29) is 44.4 Å². The van der Waals surface area contributed by atoms with Gasteiger partial charge in [0.1, 0.15) is 12.7 Å². The van der Waals surface area contributed by atoms with Crippen molar-refractivity contribution in [1.29, 1.82) is 0 Å². The number of amides is 2. The number of hydrogen-bond acceptors (Lipinski definition) is 8. The Bertz CT molecular complexity index is 1020. The molecule has 246 valence electrons. The van der Waals surface area contributed by atoms with Gasteiger partial charge < -0.3 is 29.8 Å². The molecule has 10 nitrogen and oxygen atoms in total. The van der Waals surface area contributed by atoms with Gasteiger partial charge in [-0.15, -0.1) is 0 Å². The van der Waals surface area contributed by atoms with Gasteiger partial charge in [-0.3, -0.25) is 14.4 Å². The van der Waals surface area contributed by atoms with E-state index in [1.54, 1.807) is 6.08 Å². The first-order valence-corrected chi connectivity index (χ1v) is 15.8. The van der Waals surface area contributed by atoms with Crippen LogP contribution in [-0.2, 0) is 23.3 Å². The topological polar surface area (TPSA) is 151 Å². The lowest BCUT2D eigenvalue weighted by Gasteiger charge is -2.28. The highest BCUT2D eigenvalue weighted by Crippen LogP contribution is 2.21. The predicted molar refractivity (Wildman–Crippen MR) is 176 cm³/mol. The maximum atomic E-state index is 12.1. The molecule has 4 N–H and O–H groups in total. The molecule has 11 heteroatoms. The van der Waals surface area contributed by atoms with Gasteiger partial charge >= 0.3 is 12.1 Å². The SMILES string of the molecule is CC/C=C\C/C=C\C/C=C\C/C=C\C/C=C\C/C=C\CC(=O)OSCCNC(=O)CCNC(=O)[C@H](O)C(C)(C)COC(=O)O. The summed E-state index contributed by atoms with van der Waals surface area (Å²) in [6.07, 6.45) is 27.8. The van der Waals surface area contributed by atoms with E-state index < -0.39 is 23.6 Å². The standard InChI is InChI=1S/C33H50N2O8S/c1-4-5-6-7-8-9-10-11-12-13-14-15-16-17-18-19-20-21-22-29(37)43-44-26-25-34-28(36)23-24-35-31(39)30(38)33(2,3)27-42-32(40)41/h5-6,8-9,11-12,14-15,17-18,20-21,30,38H,4,7,10,13,16,19,22-27H2,1-3H3,(H,34,36)(H,35,39)(H,40,41)/b6-5-,9-8-,12-11-,15-14-,18-17-,21-20-/t30-/m0/s1. The van der Waals surface area contributed by atoms with Crippen molar-refractivity contribution >= 4 is 36.0 Å². The number of aliphatic hydroxyl groups is 1. The summed E-state index contributed by atoms with van der Waals surface area (Å²) in [6.45, 7) is 5.01. The molecule has 1 atom stereocenters. The lowest BCUT2D eigenvalue weighted by atomic mass is 9.87. The summed E-state index contributed by atoms with van der Waals surface area (Å²) in [4.78, 5) is 46.3. The molecule has 0 radical (unpaired) electrons. The summed E-state index contributed by atoms with van der Waals surface area (Å²) >= 11 is 0.949. The zero-order valence-electron chi connectivity index (χ0n) is 26.2. The Balaban J connectivity index is 3.81. The van der Waals surface area contributed by atoms with Crippen molar-refractivity contribution in [3.8, 4) is 0 Å². The van der Waals surface area contributed by atoms with Gasteiger partial charge in [0.05, 0.1) is 18.5 Å². The van der Waals surface area contributed by atoms with Crippen molar-refractivity contribution in [2.45, 2.75) is 78.2 Å². The summed E-state index contributed by atoms with van der Waals surface area (Å²) in [7, 11) is 0. The molecule has 2 amide bonds. The molecule has 0 fully saturated rings. The Kier molecular flexibility index (Phi) is 24.8. The summed E-state index contributed by atoms with van der Waals surface area (Å²) in [5.74, 6) is -1.06. The number of ether oxygens (including phenoxy) is 1. The molecule has 0 unspecified atom stereocenters. The van der Waals surface area contributed by atoms with Gasteiger partial charge in [0.15, 0.2) is 0 Å². The van der Waals surface area contributed by atoms with E-state index >= 15 is 0 Å². The van der Waals surface area contributed by atoms with E-state index in [0.717, 1.165) is 50.6 Å². The molecule has 0 spiro atoms. The predicted octanol–water partition coefficient (Wildman–Crippen LogP) is 5.97. The molecule has 0 heterocycles. The van der Waals surface area contributed by atoms with Crippen molar-refractivity contribution in [2.75, 3.05) is 25.4 Å². The fraction of sp³-hybridized carbons (Fsp3) is 0.515. The van der Waals surface area contributed by atoms with Gasteiger partial charge in [-0.25, -0.2) is 4.79 Å². The van der Waals surface area contributed by atoms with E-state index in [9.17, 15) is 24.3 Å². The molecule has 0 aromatic carbocycles. The highest BCUT2D eigenvalue weighted by Gasteiger charge is 2.35. The van der Waals surface area contributed by atoms with Crippen LogP contribution in [0.2, 0.25) is 0 Å². The first-order valence-electron chi connectivity index (χ1n) is 14.9. The van der Waals surface area contributed by atoms with E-state index in [0.29, 0.717) is 5.75 Å². The molecule has 0 aliphatic heterocycles. The number of carboxylic acid groups (broad SMARTS) is 1. The molecule has 0 aromatic heterocycles. The number of rotatable bonds is 24. The number of hydrogen-bond donors (Lipinski definition) is 4. The van der Waals surface area contributed by atoms with E-state index in [4.69, 9.17) is 9.29 Å². The zero-order valence-corrected chi connectivity index (χ0v) is 27.1. The summed E-state index contributed by atoms with van der Waals surface area (Å²) in [5, 5.41) is 23.8. The number of carbonyl (C=O) groups is 4. The number of carbonyl (C=O) groups excluding carboxylic acids is 3. The third kappa shape index (κ3) is 25.0. The minimum absolute atomic E-state index is 0.00825. The Morgan fingerprint density at radius 2 is 1.27 bits per heavy atom. The molecule has 0 rings (SSSR count). The summed E-state index contributed by atoms with van der Waals surface area (Å²) in [5.41, 5.74) is -1.13. The van der Waals surface area contributed by atoms with Crippen molar-refractivity contribution in [3.63, 3.8) is 0 Å². The normalized spacial score (nSPS) is 13.1. The van der Waals surface area contributed by atoms with E-state index in [1.165, 1.54) is 13.8 Å². The van der Waals surface area contributed by atoms with Crippen LogP contribution in [0.5, 0.6) is 0 Å². The Morgan fingerprint density at radius 3 is 1.77 bits per heavy atom. The molecule has 0 aliphatic rings. The van der Waals surface area contributed by atoms with E-state index in [1.807, 2.05) is 12.2 Å². The minimum Gasteiger partial charge on any atom is -0.450 e. The summed E-state index contributed by atoms with van der Waals surface area (Å²) in [6, 6.07) is 0. The zero-order chi connectivity index (χ0) is 32.9. The Morgan fingerprint density at radius 1 is 0.773 bits per heavy atom. The Labute approximate surface area is 266 Å². The van der Waals surface area contributed by atoms with Gasteiger partial charge in [-0.2, -0.15) is 0 Å². The average Bonchev–Trinajstić information content (AvgIpc) is 2.98. The van der Waals surface area contributed by atoms with Crippen LogP contribution in [-0.4, -0.2) is 65.7 Å². The second-order valence-corrected chi connectivity index (χ2v) is 11.0.